The van der Waals surface area contributed by atoms with E-state index in [1.54, 1.807) is 0 Å². The van der Waals surface area contributed by atoms with E-state index in [-0.39, 0.29) is 0 Å². The molecule has 0 aliphatic rings. The molecule has 1 heterocycles. The predicted molar refractivity (Wildman–Crippen MR) is 83.5 cm³/mol. The molecule has 0 unspecified atom stereocenters. The quantitative estimate of drug-likeness (QED) is 0.731. The average Bonchev–Trinajstić information content (AvgIpc) is 2.83. The Bertz CT molecular complexity index is 436. The number of hydrogen-bond donors (Lipinski definition) is 0. The third kappa shape index (κ3) is 4.41. The summed E-state index contributed by atoms with van der Waals surface area (Å²) in [6.45, 7) is 2.15. The monoisotopic (exact) mass is 357 g/mol. The zero-order chi connectivity index (χ0) is 12.1. The van der Waals surface area contributed by atoms with Gasteiger partial charge in [0.1, 0.15) is 0 Å². The molecule has 0 bridgehead atoms. The van der Waals surface area contributed by atoms with Crippen LogP contribution in [-0.4, -0.2) is 18.5 Å². The molecule has 17 heavy (non-hydrogen) atoms. The SMILES string of the molecule is CN(CCc1cccs1)Cc1ccc(I)cc1. The van der Waals surface area contributed by atoms with Crippen LogP contribution in [0.4, 0.5) is 0 Å². The number of nitrogens with zero attached hydrogens (tertiary/aromatic N) is 1. The molecule has 0 radical (unpaired) electrons. The Labute approximate surface area is 121 Å². The van der Waals surface area contributed by atoms with E-state index in [4.69, 9.17) is 0 Å². The zero-order valence-electron chi connectivity index (χ0n) is 9.90. The van der Waals surface area contributed by atoms with Crippen molar-refractivity contribution >= 4 is 33.9 Å². The maximum Gasteiger partial charge on any atom is 0.0230 e. The molecular weight excluding hydrogens is 341 g/mol. The van der Waals surface area contributed by atoms with E-state index in [0.29, 0.717) is 0 Å². The summed E-state index contributed by atoms with van der Waals surface area (Å²) in [4.78, 5) is 3.85. The maximum atomic E-state index is 2.38. The number of likely N-dealkylation sites (N-methyl/N-ethyl adjacent to an activating group) is 1. The molecule has 1 aromatic heterocycles. The fourth-order valence-corrected chi connectivity index (χ4v) is 2.79. The van der Waals surface area contributed by atoms with Crippen LogP contribution in [0.15, 0.2) is 41.8 Å². The third-order valence-corrected chi connectivity index (χ3v) is 4.34. The van der Waals surface area contributed by atoms with Crippen molar-refractivity contribution in [2.75, 3.05) is 13.6 Å². The van der Waals surface area contributed by atoms with Crippen molar-refractivity contribution in [3.05, 3.63) is 55.8 Å². The van der Waals surface area contributed by atoms with Crippen molar-refractivity contribution in [2.24, 2.45) is 0 Å². The van der Waals surface area contributed by atoms with Crippen molar-refractivity contribution in [1.29, 1.82) is 0 Å². The van der Waals surface area contributed by atoms with Crippen LogP contribution in [0.5, 0.6) is 0 Å². The molecule has 0 atom stereocenters. The molecule has 2 aromatic rings. The highest BCUT2D eigenvalue weighted by molar-refractivity contribution is 14.1. The normalized spacial score (nSPS) is 11.0. The van der Waals surface area contributed by atoms with Crippen molar-refractivity contribution in [3.63, 3.8) is 0 Å². The second kappa shape index (κ2) is 6.52. The van der Waals surface area contributed by atoms with Gasteiger partial charge in [-0.15, -0.1) is 11.3 Å². The topological polar surface area (TPSA) is 3.24 Å². The van der Waals surface area contributed by atoms with Crippen LogP contribution in [0.3, 0.4) is 0 Å². The molecule has 3 heteroatoms. The summed E-state index contributed by atoms with van der Waals surface area (Å²) >= 11 is 4.19. The fraction of sp³-hybridized carbons (Fsp3) is 0.286. The molecule has 1 aromatic carbocycles. The molecule has 1 nitrogen and oxygen atoms in total. The molecule has 2 rings (SSSR count). The lowest BCUT2D eigenvalue weighted by atomic mass is 10.2. The Hall–Kier alpha value is -0.390. The van der Waals surface area contributed by atoms with Crippen LogP contribution in [0.2, 0.25) is 0 Å². The van der Waals surface area contributed by atoms with Crippen molar-refractivity contribution in [3.8, 4) is 0 Å². The number of hydrogen-bond acceptors (Lipinski definition) is 2. The minimum Gasteiger partial charge on any atom is -0.302 e. The van der Waals surface area contributed by atoms with Gasteiger partial charge in [-0.3, -0.25) is 0 Å². The highest BCUT2D eigenvalue weighted by atomic mass is 127. The number of thiophene rings is 1. The Kier molecular flexibility index (Phi) is 5.00. The first kappa shape index (κ1) is 13.1. The number of halogens is 1. The lowest BCUT2D eigenvalue weighted by molar-refractivity contribution is 0.332. The Morgan fingerprint density at radius 1 is 1.18 bits per heavy atom. The first-order valence-electron chi connectivity index (χ1n) is 5.69. The number of benzene rings is 1. The van der Waals surface area contributed by atoms with Gasteiger partial charge in [0, 0.05) is 21.5 Å². The third-order valence-electron chi connectivity index (χ3n) is 2.69. The maximum absolute atomic E-state index is 2.38. The second-order valence-electron chi connectivity index (χ2n) is 4.19. The largest absolute Gasteiger partial charge is 0.302 e. The van der Waals surface area contributed by atoms with E-state index in [1.165, 1.54) is 14.0 Å². The summed E-state index contributed by atoms with van der Waals surface area (Å²) in [5.74, 6) is 0. The van der Waals surface area contributed by atoms with Gasteiger partial charge in [0.15, 0.2) is 0 Å². The van der Waals surface area contributed by atoms with Crippen LogP contribution in [0, 0.1) is 3.57 Å². The predicted octanol–water partition coefficient (Wildman–Crippen LogP) is 4.03. The van der Waals surface area contributed by atoms with Gasteiger partial charge < -0.3 is 4.90 Å². The van der Waals surface area contributed by atoms with E-state index < -0.39 is 0 Å². The number of rotatable bonds is 5. The van der Waals surface area contributed by atoms with Gasteiger partial charge in [-0.25, -0.2) is 0 Å². The molecule has 0 amide bonds. The van der Waals surface area contributed by atoms with Crippen LogP contribution in [-0.2, 0) is 13.0 Å². The van der Waals surface area contributed by atoms with Gasteiger partial charge in [0.05, 0.1) is 0 Å². The molecule has 0 aliphatic heterocycles. The highest BCUT2D eigenvalue weighted by Crippen LogP contribution is 2.11. The summed E-state index contributed by atoms with van der Waals surface area (Å²) in [6.07, 6.45) is 1.15. The van der Waals surface area contributed by atoms with Crippen molar-refractivity contribution < 1.29 is 0 Å². The van der Waals surface area contributed by atoms with Gasteiger partial charge in [0.2, 0.25) is 0 Å². The molecule has 90 valence electrons. The summed E-state index contributed by atoms with van der Waals surface area (Å²) in [7, 11) is 2.19. The molecule has 0 spiro atoms. The van der Waals surface area contributed by atoms with Gasteiger partial charge in [-0.05, 0) is 65.2 Å². The van der Waals surface area contributed by atoms with Gasteiger partial charge in [-0.2, -0.15) is 0 Å². The highest BCUT2D eigenvalue weighted by Gasteiger charge is 2.01. The van der Waals surface area contributed by atoms with E-state index in [2.05, 4.69) is 76.3 Å². The summed E-state index contributed by atoms with van der Waals surface area (Å²) < 4.78 is 1.30. The molecular formula is C14H16INS. The van der Waals surface area contributed by atoms with Crippen molar-refractivity contribution in [1.82, 2.24) is 4.90 Å². The fourth-order valence-electron chi connectivity index (χ4n) is 1.74. The van der Waals surface area contributed by atoms with E-state index >= 15 is 0 Å². The second-order valence-corrected chi connectivity index (χ2v) is 6.47. The summed E-state index contributed by atoms with van der Waals surface area (Å²) in [6, 6.07) is 13.1. The first-order valence-corrected chi connectivity index (χ1v) is 7.65. The Morgan fingerprint density at radius 3 is 2.59 bits per heavy atom. The Morgan fingerprint density at radius 2 is 1.94 bits per heavy atom. The van der Waals surface area contributed by atoms with Crippen LogP contribution < -0.4 is 0 Å². The first-order chi connectivity index (χ1) is 8.24. The lowest BCUT2D eigenvalue weighted by Gasteiger charge is -2.16. The molecule has 0 saturated heterocycles. The lowest BCUT2D eigenvalue weighted by Crippen LogP contribution is -2.20. The van der Waals surface area contributed by atoms with E-state index in [9.17, 15) is 0 Å². The minimum atomic E-state index is 1.03. The van der Waals surface area contributed by atoms with Crippen LogP contribution in [0.1, 0.15) is 10.4 Å². The van der Waals surface area contributed by atoms with Gasteiger partial charge in [-0.1, -0.05) is 18.2 Å². The van der Waals surface area contributed by atoms with Crippen molar-refractivity contribution in [2.45, 2.75) is 13.0 Å². The summed E-state index contributed by atoms with van der Waals surface area (Å²) in [5.41, 5.74) is 1.39. The molecule has 0 N–H and O–H groups in total. The van der Waals surface area contributed by atoms with Crippen LogP contribution in [0.25, 0.3) is 0 Å². The smallest absolute Gasteiger partial charge is 0.0230 e. The molecule has 0 fully saturated rings. The Balaban J connectivity index is 1.80. The average molecular weight is 357 g/mol. The summed E-state index contributed by atoms with van der Waals surface area (Å²) in [5, 5.41) is 2.15. The van der Waals surface area contributed by atoms with Gasteiger partial charge >= 0.3 is 0 Å². The van der Waals surface area contributed by atoms with Crippen LogP contribution >= 0.6 is 33.9 Å². The minimum absolute atomic E-state index is 1.03. The van der Waals surface area contributed by atoms with E-state index in [0.717, 1.165) is 19.5 Å². The van der Waals surface area contributed by atoms with Gasteiger partial charge in [0.25, 0.3) is 0 Å². The van der Waals surface area contributed by atoms with E-state index in [1.807, 2.05) is 11.3 Å². The zero-order valence-corrected chi connectivity index (χ0v) is 12.9. The standard InChI is InChI=1S/C14H16INS/c1-16(9-8-14-3-2-10-17-14)11-12-4-6-13(15)7-5-12/h2-7,10H,8-9,11H2,1H3. The molecule has 0 aliphatic carbocycles. The molecule has 0 saturated carbocycles.